The molecule has 0 bridgehead atoms. The lowest BCUT2D eigenvalue weighted by molar-refractivity contribution is -0.150. The second-order valence-electron chi connectivity index (χ2n) is 4.72. The summed E-state index contributed by atoms with van der Waals surface area (Å²) >= 11 is 0. The first-order valence-electron chi connectivity index (χ1n) is 6.04. The van der Waals surface area contributed by atoms with Crippen molar-refractivity contribution in [1.29, 1.82) is 0 Å². The topological polar surface area (TPSA) is 27.7 Å². The Labute approximate surface area is 108 Å². The Kier molecular flexibility index (Phi) is 4.03. The van der Waals surface area contributed by atoms with Gasteiger partial charge in [-0.3, -0.25) is 0 Å². The van der Waals surface area contributed by atoms with Gasteiger partial charge < -0.3 is 14.2 Å². The molecule has 0 aromatic heterocycles. The molecule has 0 unspecified atom stereocenters. The summed E-state index contributed by atoms with van der Waals surface area (Å²) in [6, 6.07) is 10.0. The molecule has 1 aromatic carbocycles. The molecule has 18 heavy (non-hydrogen) atoms. The normalized spacial score (nSPS) is 25.8. The zero-order valence-corrected chi connectivity index (χ0v) is 10.8. The van der Waals surface area contributed by atoms with Crippen molar-refractivity contribution in [1.82, 2.24) is 0 Å². The number of rotatable bonds is 4. The Bertz CT molecular complexity index is 419. The first-order chi connectivity index (χ1) is 8.62. The van der Waals surface area contributed by atoms with Crippen LogP contribution in [0.5, 0.6) is 0 Å². The Morgan fingerprint density at radius 2 is 2.00 bits per heavy atom. The third-order valence-corrected chi connectivity index (χ3v) is 2.78. The van der Waals surface area contributed by atoms with E-state index in [1.807, 2.05) is 44.2 Å². The molecule has 0 radical (unpaired) electrons. The van der Waals surface area contributed by atoms with Gasteiger partial charge in [0.1, 0.15) is 18.8 Å². The van der Waals surface area contributed by atoms with Gasteiger partial charge in [-0.15, -0.1) is 6.42 Å². The van der Waals surface area contributed by atoms with Crippen LogP contribution in [0.3, 0.4) is 0 Å². The average molecular weight is 246 g/mol. The molecule has 0 N–H and O–H groups in total. The summed E-state index contributed by atoms with van der Waals surface area (Å²) in [7, 11) is 0. The molecule has 2 atom stereocenters. The second kappa shape index (κ2) is 5.53. The van der Waals surface area contributed by atoms with E-state index in [2.05, 4.69) is 5.92 Å². The minimum absolute atomic E-state index is 0.112. The van der Waals surface area contributed by atoms with Gasteiger partial charge in [0.2, 0.25) is 0 Å². The van der Waals surface area contributed by atoms with E-state index >= 15 is 0 Å². The maximum absolute atomic E-state index is 5.92. The van der Waals surface area contributed by atoms with Gasteiger partial charge in [0.15, 0.2) is 5.79 Å². The highest BCUT2D eigenvalue weighted by Crippen LogP contribution is 2.38. The van der Waals surface area contributed by atoms with E-state index in [1.165, 1.54) is 0 Å². The number of terminal acetylenes is 1. The summed E-state index contributed by atoms with van der Waals surface area (Å²) in [4.78, 5) is 0. The Morgan fingerprint density at radius 3 is 2.67 bits per heavy atom. The zero-order chi connectivity index (χ0) is 13.0. The van der Waals surface area contributed by atoms with Crippen molar-refractivity contribution in [2.75, 3.05) is 13.2 Å². The highest BCUT2D eigenvalue weighted by molar-refractivity contribution is 5.19. The lowest BCUT2D eigenvalue weighted by Gasteiger charge is -2.16. The molecule has 0 spiro atoms. The van der Waals surface area contributed by atoms with Crippen LogP contribution in [0.2, 0.25) is 0 Å². The highest BCUT2D eigenvalue weighted by Gasteiger charge is 2.41. The molecular weight excluding hydrogens is 228 g/mol. The predicted octanol–water partition coefficient (Wildman–Crippen LogP) is 2.53. The van der Waals surface area contributed by atoms with Crippen molar-refractivity contribution in [3.63, 3.8) is 0 Å². The molecule has 96 valence electrons. The molecule has 1 fully saturated rings. The summed E-state index contributed by atoms with van der Waals surface area (Å²) in [6.07, 6.45) is 4.92. The molecule has 1 saturated heterocycles. The van der Waals surface area contributed by atoms with Crippen molar-refractivity contribution in [3.05, 3.63) is 35.9 Å². The zero-order valence-electron chi connectivity index (χ0n) is 10.8. The minimum atomic E-state index is -0.593. The van der Waals surface area contributed by atoms with E-state index in [0.717, 1.165) is 5.56 Å². The highest BCUT2D eigenvalue weighted by atomic mass is 16.8. The van der Waals surface area contributed by atoms with Gasteiger partial charge in [0, 0.05) is 0 Å². The number of ether oxygens (including phenoxy) is 3. The molecule has 3 nitrogen and oxygen atoms in total. The molecule has 0 saturated carbocycles. The van der Waals surface area contributed by atoms with Gasteiger partial charge in [-0.05, 0) is 19.4 Å². The smallest absolute Gasteiger partial charge is 0.164 e. The molecule has 3 heteroatoms. The first-order valence-corrected chi connectivity index (χ1v) is 6.04. The number of hydrogen-bond donors (Lipinski definition) is 0. The lowest BCUT2D eigenvalue weighted by Crippen LogP contribution is -2.24. The molecular formula is C15H18O3. The van der Waals surface area contributed by atoms with E-state index in [1.54, 1.807) is 0 Å². The lowest BCUT2D eigenvalue weighted by atomic mass is 10.1. The fourth-order valence-corrected chi connectivity index (χ4v) is 2.12. The summed E-state index contributed by atoms with van der Waals surface area (Å²) in [5.41, 5.74) is 1.09. The monoisotopic (exact) mass is 246 g/mol. The molecule has 1 aromatic rings. The van der Waals surface area contributed by atoms with Gasteiger partial charge >= 0.3 is 0 Å². The van der Waals surface area contributed by atoms with E-state index in [0.29, 0.717) is 13.2 Å². The summed E-state index contributed by atoms with van der Waals surface area (Å²) in [5.74, 6) is 1.86. The third-order valence-electron chi connectivity index (χ3n) is 2.78. The molecule has 2 rings (SSSR count). The van der Waals surface area contributed by atoms with Crippen LogP contribution >= 0.6 is 0 Å². The van der Waals surface area contributed by atoms with Crippen LogP contribution in [0.15, 0.2) is 30.3 Å². The fraction of sp³-hybridized carbons (Fsp3) is 0.467. The molecule has 0 amide bonds. The van der Waals surface area contributed by atoms with Crippen LogP contribution in [-0.4, -0.2) is 25.1 Å². The van der Waals surface area contributed by atoms with Crippen LogP contribution in [0, 0.1) is 12.3 Å². The number of hydrogen-bond acceptors (Lipinski definition) is 3. The van der Waals surface area contributed by atoms with Crippen molar-refractivity contribution in [2.45, 2.75) is 31.8 Å². The fourth-order valence-electron chi connectivity index (χ4n) is 2.12. The molecule has 0 aliphatic carbocycles. The van der Waals surface area contributed by atoms with Crippen LogP contribution in [0.1, 0.15) is 25.5 Å². The molecule has 1 aliphatic heterocycles. The van der Waals surface area contributed by atoms with Crippen LogP contribution < -0.4 is 0 Å². The van der Waals surface area contributed by atoms with Crippen molar-refractivity contribution >= 4 is 0 Å². The average Bonchev–Trinajstić information content (AvgIpc) is 2.66. The maximum Gasteiger partial charge on any atom is 0.164 e. The largest absolute Gasteiger partial charge is 0.366 e. The SMILES string of the molecule is C#CCOC[C@@H]1OC(C)(C)O[C@@H]1c1ccccc1. The Morgan fingerprint density at radius 1 is 1.28 bits per heavy atom. The summed E-state index contributed by atoms with van der Waals surface area (Å²) in [6.45, 7) is 4.54. The second-order valence-corrected chi connectivity index (χ2v) is 4.72. The minimum Gasteiger partial charge on any atom is -0.366 e. The van der Waals surface area contributed by atoms with Crippen LogP contribution in [-0.2, 0) is 14.2 Å². The van der Waals surface area contributed by atoms with E-state index in [-0.39, 0.29) is 12.2 Å². The van der Waals surface area contributed by atoms with E-state index in [9.17, 15) is 0 Å². The predicted molar refractivity (Wildman–Crippen MR) is 68.9 cm³/mol. The van der Waals surface area contributed by atoms with Gasteiger partial charge in [-0.2, -0.15) is 0 Å². The molecule has 1 aliphatic rings. The summed E-state index contributed by atoms with van der Waals surface area (Å²) in [5, 5.41) is 0. The van der Waals surface area contributed by atoms with E-state index in [4.69, 9.17) is 20.6 Å². The van der Waals surface area contributed by atoms with Gasteiger partial charge in [0.25, 0.3) is 0 Å². The summed E-state index contributed by atoms with van der Waals surface area (Å²) < 4.78 is 17.1. The van der Waals surface area contributed by atoms with Crippen molar-refractivity contribution in [2.24, 2.45) is 0 Å². The maximum atomic E-state index is 5.92. The Hall–Kier alpha value is -1.34. The van der Waals surface area contributed by atoms with Crippen LogP contribution in [0.4, 0.5) is 0 Å². The molecule has 1 heterocycles. The Balaban J connectivity index is 2.09. The van der Waals surface area contributed by atoms with Crippen molar-refractivity contribution < 1.29 is 14.2 Å². The van der Waals surface area contributed by atoms with Crippen LogP contribution in [0.25, 0.3) is 0 Å². The third kappa shape index (κ3) is 3.11. The standard InChI is InChI=1S/C15H18O3/c1-4-10-16-11-13-14(18-15(2,3)17-13)12-8-6-5-7-9-12/h1,5-9,13-14H,10-11H2,2-3H3/t13-,14+/m0/s1. The van der Waals surface area contributed by atoms with Gasteiger partial charge in [0.05, 0.1) is 6.61 Å². The van der Waals surface area contributed by atoms with Crippen molar-refractivity contribution in [3.8, 4) is 12.3 Å². The number of benzene rings is 1. The van der Waals surface area contributed by atoms with Gasteiger partial charge in [-0.25, -0.2) is 0 Å². The van der Waals surface area contributed by atoms with E-state index < -0.39 is 5.79 Å². The first kappa shape index (κ1) is 13.1. The quantitative estimate of drug-likeness (QED) is 0.603. The van der Waals surface area contributed by atoms with Gasteiger partial charge in [-0.1, -0.05) is 36.3 Å².